The van der Waals surface area contributed by atoms with E-state index in [1.54, 1.807) is 0 Å². The number of ether oxygens (including phenoxy) is 1. The molecule has 2 N–H and O–H groups in total. The molecule has 2 amide bonds. The van der Waals surface area contributed by atoms with Gasteiger partial charge in [0.1, 0.15) is 18.0 Å². The molecule has 6 heteroatoms. The second kappa shape index (κ2) is 8.19. The van der Waals surface area contributed by atoms with Gasteiger partial charge in [0, 0.05) is 25.4 Å². The van der Waals surface area contributed by atoms with Crippen LogP contribution in [0.5, 0.6) is 5.75 Å². The molecule has 0 saturated carbocycles. The number of fused-ring (bicyclic) bond motifs is 1. The third-order valence-corrected chi connectivity index (χ3v) is 3.76. The number of nitrogens with one attached hydrogen (secondary N) is 2. The molecule has 0 bridgehead atoms. The van der Waals surface area contributed by atoms with Crippen molar-refractivity contribution in [1.82, 2.24) is 20.0 Å². The minimum absolute atomic E-state index is 0.198. The Kier molecular flexibility index (Phi) is 5.51. The van der Waals surface area contributed by atoms with Crippen LogP contribution < -0.4 is 15.4 Å². The molecule has 2 heterocycles. The summed E-state index contributed by atoms with van der Waals surface area (Å²) in [4.78, 5) is 16.3. The van der Waals surface area contributed by atoms with Crippen molar-refractivity contribution in [2.24, 2.45) is 0 Å². The highest BCUT2D eigenvalue weighted by molar-refractivity contribution is 5.73. The second-order valence-electron chi connectivity index (χ2n) is 5.79. The van der Waals surface area contributed by atoms with Gasteiger partial charge in [-0.25, -0.2) is 9.78 Å². The van der Waals surface area contributed by atoms with Crippen molar-refractivity contribution >= 4 is 11.7 Å². The molecule has 0 aliphatic rings. The van der Waals surface area contributed by atoms with E-state index >= 15 is 0 Å². The molecule has 0 saturated heterocycles. The van der Waals surface area contributed by atoms with Gasteiger partial charge in [0.2, 0.25) is 0 Å². The van der Waals surface area contributed by atoms with Gasteiger partial charge in [0.25, 0.3) is 0 Å². The van der Waals surface area contributed by atoms with Gasteiger partial charge < -0.3 is 19.8 Å². The predicted octanol–water partition coefficient (Wildman–Crippen LogP) is 2.56. The highest BCUT2D eigenvalue weighted by Crippen LogP contribution is 2.10. The van der Waals surface area contributed by atoms with Crippen LogP contribution in [0.15, 0.2) is 54.9 Å². The van der Waals surface area contributed by atoms with Gasteiger partial charge in [-0.3, -0.25) is 0 Å². The van der Waals surface area contributed by atoms with Gasteiger partial charge >= 0.3 is 6.03 Å². The summed E-state index contributed by atoms with van der Waals surface area (Å²) in [6.07, 6.45) is 4.62. The van der Waals surface area contributed by atoms with E-state index in [2.05, 4.69) is 15.6 Å². The van der Waals surface area contributed by atoms with Crippen molar-refractivity contribution in [3.63, 3.8) is 0 Å². The Bertz CT molecular complexity index is 794. The number of rotatable bonds is 7. The van der Waals surface area contributed by atoms with Gasteiger partial charge in [-0.2, -0.15) is 0 Å². The minimum Gasteiger partial charge on any atom is -0.492 e. The van der Waals surface area contributed by atoms with Crippen LogP contribution in [0.4, 0.5) is 4.79 Å². The van der Waals surface area contributed by atoms with Crippen LogP contribution in [0.2, 0.25) is 0 Å². The van der Waals surface area contributed by atoms with Crippen molar-refractivity contribution < 1.29 is 9.53 Å². The predicted molar refractivity (Wildman–Crippen MR) is 97.0 cm³/mol. The first-order valence-electron chi connectivity index (χ1n) is 8.34. The largest absolute Gasteiger partial charge is 0.492 e. The lowest BCUT2D eigenvalue weighted by atomic mass is 10.2. The highest BCUT2D eigenvalue weighted by atomic mass is 16.5. The lowest BCUT2D eigenvalue weighted by Gasteiger charge is -2.09. The van der Waals surface area contributed by atoms with E-state index in [0.29, 0.717) is 26.1 Å². The maximum Gasteiger partial charge on any atom is 0.314 e. The Morgan fingerprint density at radius 2 is 1.92 bits per heavy atom. The van der Waals surface area contributed by atoms with Crippen LogP contribution in [-0.2, 0) is 6.42 Å². The molecular weight excluding hydrogens is 316 g/mol. The minimum atomic E-state index is -0.198. The number of carbonyl (C=O) groups excluding carboxylic acids is 1. The Morgan fingerprint density at radius 3 is 2.72 bits per heavy atom. The topological polar surface area (TPSA) is 67.7 Å². The van der Waals surface area contributed by atoms with Gasteiger partial charge in [-0.15, -0.1) is 0 Å². The molecule has 3 rings (SSSR count). The number of aromatic nitrogens is 2. The zero-order valence-electron chi connectivity index (χ0n) is 14.2. The fourth-order valence-corrected chi connectivity index (χ4v) is 2.44. The van der Waals surface area contributed by atoms with Gasteiger partial charge in [0.15, 0.2) is 0 Å². The molecule has 0 spiro atoms. The number of hydrogen-bond acceptors (Lipinski definition) is 3. The molecular formula is C19H22N4O2. The van der Waals surface area contributed by atoms with Crippen LogP contribution in [0.3, 0.4) is 0 Å². The lowest BCUT2D eigenvalue weighted by molar-refractivity contribution is 0.236. The third kappa shape index (κ3) is 4.97. The van der Waals surface area contributed by atoms with Crippen LogP contribution in [0.25, 0.3) is 5.65 Å². The molecule has 130 valence electrons. The summed E-state index contributed by atoms with van der Waals surface area (Å²) in [6, 6.07) is 13.5. The zero-order valence-corrected chi connectivity index (χ0v) is 14.2. The normalized spacial score (nSPS) is 10.6. The summed E-state index contributed by atoms with van der Waals surface area (Å²) >= 11 is 0. The van der Waals surface area contributed by atoms with E-state index in [1.807, 2.05) is 66.2 Å². The average molecular weight is 338 g/mol. The maximum absolute atomic E-state index is 11.8. The summed E-state index contributed by atoms with van der Waals surface area (Å²) in [5.41, 5.74) is 3.06. The van der Waals surface area contributed by atoms with Crippen molar-refractivity contribution in [2.45, 2.75) is 13.3 Å². The Labute approximate surface area is 146 Å². The molecule has 0 radical (unpaired) electrons. The molecule has 1 aromatic carbocycles. The first kappa shape index (κ1) is 16.8. The van der Waals surface area contributed by atoms with Crippen LogP contribution in [0, 0.1) is 6.92 Å². The molecule has 0 fully saturated rings. The second-order valence-corrected chi connectivity index (χ2v) is 5.79. The van der Waals surface area contributed by atoms with Gasteiger partial charge in [-0.05, 0) is 31.2 Å². The average Bonchev–Trinajstić information content (AvgIpc) is 3.03. The molecule has 0 unspecified atom stereocenters. The summed E-state index contributed by atoms with van der Waals surface area (Å²) in [7, 11) is 0. The van der Waals surface area contributed by atoms with E-state index < -0.39 is 0 Å². The van der Waals surface area contributed by atoms with Crippen LogP contribution >= 0.6 is 0 Å². The number of hydrogen-bond donors (Lipinski definition) is 2. The summed E-state index contributed by atoms with van der Waals surface area (Å²) < 4.78 is 7.53. The van der Waals surface area contributed by atoms with Gasteiger partial charge in [-0.1, -0.05) is 23.8 Å². The maximum atomic E-state index is 11.8. The van der Waals surface area contributed by atoms with E-state index in [4.69, 9.17) is 4.74 Å². The number of imidazole rings is 1. The first-order valence-corrected chi connectivity index (χ1v) is 8.34. The van der Waals surface area contributed by atoms with E-state index in [1.165, 1.54) is 5.56 Å². The molecule has 0 atom stereocenters. The molecule has 25 heavy (non-hydrogen) atoms. The van der Waals surface area contributed by atoms with Crippen molar-refractivity contribution in [1.29, 1.82) is 0 Å². The Morgan fingerprint density at radius 1 is 1.12 bits per heavy atom. The van der Waals surface area contributed by atoms with Gasteiger partial charge in [0.05, 0.1) is 12.2 Å². The Balaban J connectivity index is 1.32. The smallest absolute Gasteiger partial charge is 0.314 e. The quantitative estimate of drug-likeness (QED) is 0.651. The third-order valence-electron chi connectivity index (χ3n) is 3.76. The molecule has 3 aromatic rings. The summed E-state index contributed by atoms with van der Waals surface area (Å²) in [6.45, 7) is 3.45. The molecule has 2 aromatic heterocycles. The lowest BCUT2D eigenvalue weighted by Crippen LogP contribution is -2.38. The number of benzene rings is 1. The first-order chi connectivity index (χ1) is 12.2. The SMILES string of the molecule is Cc1ccc(OCCNC(=O)NCCc2cn3ccccc3n2)cc1. The van der Waals surface area contributed by atoms with Crippen molar-refractivity contribution in [2.75, 3.05) is 19.7 Å². The number of amides is 2. The standard InChI is InChI=1S/C19H22N4O2/c1-15-5-7-17(8-6-15)25-13-11-21-19(24)20-10-9-16-14-23-12-3-2-4-18(23)22-16/h2-8,12,14H,9-11,13H2,1H3,(H2,20,21,24). The van der Waals surface area contributed by atoms with E-state index in [9.17, 15) is 4.79 Å². The van der Waals surface area contributed by atoms with E-state index in [0.717, 1.165) is 17.1 Å². The monoisotopic (exact) mass is 338 g/mol. The summed E-state index contributed by atoms with van der Waals surface area (Å²) in [5, 5.41) is 5.60. The fraction of sp³-hybridized carbons (Fsp3) is 0.263. The van der Waals surface area contributed by atoms with Crippen LogP contribution in [-0.4, -0.2) is 35.1 Å². The molecule has 6 nitrogen and oxygen atoms in total. The number of aryl methyl sites for hydroxylation is 1. The number of nitrogens with zero attached hydrogens (tertiary/aromatic N) is 2. The number of pyridine rings is 1. The zero-order chi connectivity index (χ0) is 17.5. The molecule has 0 aliphatic carbocycles. The molecule has 0 aliphatic heterocycles. The van der Waals surface area contributed by atoms with Crippen LogP contribution in [0.1, 0.15) is 11.3 Å². The fourth-order valence-electron chi connectivity index (χ4n) is 2.44. The van der Waals surface area contributed by atoms with Crippen molar-refractivity contribution in [3.8, 4) is 5.75 Å². The van der Waals surface area contributed by atoms with E-state index in [-0.39, 0.29) is 6.03 Å². The van der Waals surface area contributed by atoms with Crippen molar-refractivity contribution in [3.05, 3.63) is 66.1 Å². The number of carbonyl (C=O) groups is 1. The Hall–Kier alpha value is -3.02. The highest BCUT2D eigenvalue weighted by Gasteiger charge is 2.03. The number of urea groups is 1. The summed E-state index contributed by atoms with van der Waals surface area (Å²) in [5.74, 6) is 0.805.